The molecule has 1 heterocycles. The first-order valence-corrected chi connectivity index (χ1v) is 6.47. The van der Waals surface area contributed by atoms with Crippen molar-refractivity contribution < 1.29 is 0 Å². The van der Waals surface area contributed by atoms with Crippen molar-refractivity contribution in [1.82, 2.24) is 4.98 Å². The number of aromatic nitrogens is 1. The fraction of sp³-hybridized carbons (Fsp3) is 0.643. The molecule has 1 unspecified atom stereocenters. The molecule has 0 aliphatic heterocycles. The van der Waals surface area contributed by atoms with Crippen LogP contribution < -0.4 is 5.73 Å². The monoisotopic (exact) mass is 220 g/mol. The molecule has 90 valence electrons. The van der Waals surface area contributed by atoms with Gasteiger partial charge < -0.3 is 5.73 Å². The van der Waals surface area contributed by atoms with Crippen LogP contribution >= 0.6 is 0 Å². The number of unbranched alkanes of at least 4 members (excludes halogenated alkanes) is 3. The average molecular weight is 220 g/mol. The third kappa shape index (κ3) is 5.86. The number of nitrogens with two attached hydrogens (primary N) is 1. The molecule has 16 heavy (non-hydrogen) atoms. The number of aryl methyl sites for hydroxylation is 1. The molecular weight excluding hydrogens is 196 g/mol. The van der Waals surface area contributed by atoms with Crippen LogP contribution in [0.2, 0.25) is 0 Å². The summed E-state index contributed by atoms with van der Waals surface area (Å²) in [5.74, 6) is 0. The van der Waals surface area contributed by atoms with E-state index >= 15 is 0 Å². The van der Waals surface area contributed by atoms with Crippen molar-refractivity contribution in [2.75, 3.05) is 0 Å². The van der Waals surface area contributed by atoms with E-state index in [1.165, 1.54) is 37.7 Å². The highest BCUT2D eigenvalue weighted by Crippen LogP contribution is 2.09. The molecule has 0 saturated heterocycles. The lowest BCUT2D eigenvalue weighted by Crippen LogP contribution is -2.20. The van der Waals surface area contributed by atoms with Gasteiger partial charge in [-0.25, -0.2) is 0 Å². The predicted octanol–water partition coefficient (Wildman–Crippen LogP) is 3.31. The van der Waals surface area contributed by atoms with E-state index in [2.05, 4.69) is 18.0 Å². The van der Waals surface area contributed by atoms with E-state index < -0.39 is 0 Å². The van der Waals surface area contributed by atoms with Crippen LogP contribution in [-0.2, 0) is 6.42 Å². The van der Waals surface area contributed by atoms with Crippen molar-refractivity contribution in [2.24, 2.45) is 5.73 Å². The highest BCUT2D eigenvalue weighted by Gasteiger charge is 2.02. The first-order chi connectivity index (χ1) is 7.83. The van der Waals surface area contributed by atoms with Gasteiger partial charge in [-0.1, -0.05) is 38.7 Å². The lowest BCUT2D eigenvalue weighted by molar-refractivity contribution is 0.521. The van der Waals surface area contributed by atoms with E-state index in [1.807, 2.05) is 18.5 Å². The van der Waals surface area contributed by atoms with Crippen LogP contribution in [0, 0.1) is 0 Å². The van der Waals surface area contributed by atoms with Crippen molar-refractivity contribution in [3.8, 4) is 0 Å². The van der Waals surface area contributed by atoms with Crippen LogP contribution in [0.1, 0.15) is 51.0 Å². The van der Waals surface area contributed by atoms with Crippen LogP contribution in [0.4, 0.5) is 0 Å². The van der Waals surface area contributed by atoms with E-state index in [-0.39, 0.29) is 0 Å². The van der Waals surface area contributed by atoms with Crippen molar-refractivity contribution in [3.05, 3.63) is 30.1 Å². The molecule has 2 nitrogen and oxygen atoms in total. The maximum atomic E-state index is 6.08. The Morgan fingerprint density at radius 3 is 2.81 bits per heavy atom. The van der Waals surface area contributed by atoms with E-state index in [0.717, 1.165) is 12.8 Å². The standard InChI is InChI=1S/C14H24N2/c1-2-3-4-5-8-14(15)10-9-13-7-6-11-16-12-13/h6-7,11-12,14H,2-5,8-10,15H2,1H3. The predicted molar refractivity (Wildman–Crippen MR) is 69.3 cm³/mol. The summed E-state index contributed by atoms with van der Waals surface area (Å²) in [5, 5.41) is 0. The number of hydrogen-bond donors (Lipinski definition) is 1. The minimum atomic E-state index is 0.358. The molecule has 0 bridgehead atoms. The smallest absolute Gasteiger partial charge is 0.0299 e. The first kappa shape index (κ1) is 13.2. The Balaban J connectivity index is 2.08. The van der Waals surface area contributed by atoms with Gasteiger partial charge in [0.2, 0.25) is 0 Å². The lowest BCUT2D eigenvalue weighted by Gasteiger charge is -2.10. The molecule has 2 heteroatoms. The average Bonchev–Trinajstić information content (AvgIpc) is 2.33. The summed E-state index contributed by atoms with van der Waals surface area (Å²) in [6.45, 7) is 2.24. The highest BCUT2D eigenvalue weighted by atomic mass is 14.6. The fourth-order valence-electron chi connectivity index (χ4n) is 1.88. The van der Waals surface area contributed by atoms with Gasteiger partial charge in [-0.15, -0.1) is 0 Å². The summed E-state index contributed by atoms with van der Waals surface area (Å²) in [7, 11) is 0. The van der Waals surface area contributed by atoms with Crippen molar-refractivity contribution in [2.45, 2.75) is 57.9 Å². The van der Waals surface area contributed by atoms with E-state index in [4.69, 9.17) is 5.73 Å². The Morgan fingerprint density at radius 2 is 2.12 bits per heavy atom. The fourth-order valence-corrected chi connectivity index (χ4v) is 1.88. The van der Waals surface area contributed by atoms with Gasteiger partial charge in [0.15, 0.2) is 0 Å². The molecule has 1 aromatic rings. The summed E-state index contributed by atoms with van der Waals surface area (Å²) in [4.78, 5) is 4.11. The van der Waals surface area contributed by atoms with Gasteiger partial charge in [-0.05, 0) is 30.9 Å². The van der Waals surface area contributed by atoms with Crippen molar-refractivity contribution in [1.29, 1.82) is 0 Å². The second-order valence-electron chi connectivity index (χ2n) is 4.51. The maximum absolute atomic E-state index is 6.08. The van der Waals surface area contributed by atoms with Crippen molar-refractivity contribution in [3.63, 3.8) is 0 Å². The third-order valence-electron chi connectivity index (χ3n) is 2.96. The lowest BCUT2D eigenvalue weighted by atomic mass is 10.0. The van der Waals surface area contributed by atoms with Gasteiger partial charge in [0, 0.05) is 18.4 Å². The molecule has 1 aromatic heterocycles. The Morgan fingerprint density at radius 1 is 1.25 bits per heavy atom. The highest BCUT2D eigenvalue weighted by molar-refractivity contribution is 5.08. The van der Waals surface area contributed by atoms with Gasteiger partial charge in [0.25, 0.3) is 0 Å². The minimum Gasteiger partial charge on any atom is -0.328 e. The maximum Gasteiger partial charge on any atom is 0.0299 e. The van der Waals surface area contributed by atoms with Gasteiger partial charge in [0.05, 0.1) is 0 Å². The largest absolute Gasteiger partial charge is 0.328 e. The summed E-state index contributed by atoms with van der Waals surface area (Å²) in [6, 6.07) is 4.47. The first-order valence-electron chi connectivity index (χ1n) is 6.47. The molecule has 1 atom stereocenters. The van der Waals surface area contributed by atoms with E-state index in [0.29, 0.717) is 6.04 Å². The van der Waals surface area contributed by atoms with Crippen LogP contribution in [0.3, 0.4) is 0 Å². The van der Waals surface area contributed by atoms with Gasteiger partial charge in [-0.2, -0.15) is 0 Å². The normalized spacial score (nSPS) is 12.6. The zero-order valence-electron chi connectivity index (χ0n) is 10.4. The Labute approximate surface area is 99.3 Å². The quantitative estimate of drug-likeness (QED) is 0.683. The Hall–Kier alpha value is -0.890. The Bertz CT molecular complexity index is 259. The van der Waals surface area contributed by atoms with Gasteiger partial charge in [0.1, 0.15) is 0 Å². The second kappa shape index (κ2) is 8.28. The molecule has 0 saturated carbocycles. The van der Waals surface area contributed by atoms with Crippen LogP contribution in [0.25, 0.3) is 0 Å². The number of hydrogen-bond acceptors (Lipinski definition) is 2. The molecule has 0 aliphatic rings. The molecule has 0 radical (unpaired) electrons. The summed E-state index contributed by atoms with van der Waals surface area (Å²) >= 11 is 0. The van der Waals surface area contributed by atoms with E-state index in [9.17, 15) is 0 Å². The zero-order chi connectivity index (χ0) is 11.6. The van der Waals surface area contributed by atoms with Gasteiger partial charge in [-0.3, -0.25) is 4.98 Å². The number of rotatable bonds is 8. The summed E-state index contributed by atoms with van der Waals surface area (Å²) < 4.78 is 0. The van der Waals surface area contributed by atoms with Crippen molar-refractivity contribution >= 4 is 0 Å². The minimum absolute atomic E-state index is 0.358. The zero-order valence-corrected chi connectivity index (χ0v) is 10.4. The van der Waals surface area contributed by atoms with Crippen LogP contribution in [-0.4, -0.2) is 11.0 Å². The molecular formula is C14H24N2. The Kier molecular flexibility index (Phi) is 6.82. The molecule has 0 aliphatic carbocycles. The molecule has 2 N–H and O–H groups in total. The summed E-state index contributed by atoms with van der Waals surface area (Å²) in [5.41, 5.74) is 7.38. The second-order valence-corrected chi connectivity index (χ2v) is 4.51. The topological polar surface area (TPSA) is 38.9 Å². The number of nitrogens with zero attached hydrogens (tertiary/aromatic N) is 1. The molecule has 0 aromatic carbocycles. The van der Waals surface area contributed by atoms with Gasteiger partial charge >= 0.3 is 0 Å². The molecule has 1 rings (SSSR count). The van der Waals surface area contributed by atoms with Crippen LogP contribution in [0.15, 0.2) is 24.5 Å². The SMILES string of the molecule is CCCCCCC(N)CCc1cccnc1. The number of pyridine rings is 1. The van der Waals surface area contributed by atoms with Crippen LogP contribution in [0.5, 0.6) is 0 Å². The van der Waals surface area contributed by atoms with E-state index in [1.54, 1.807) is 0 Å². The molecule has 0 amide bonds. The third-order valence-corrected chi connectivity index (χ3v) is 2.96. The molecule has 0 spiro atoms. The molecule has 0 fully saturated rings. The summed E-state index contributed by atoms with van der Waals surface area (Å²) in [6.07, 6.45) is 12.3.